The van der Waals surface area contributed by atoms with Crippen molar-refractivity contribution in [1.29, 1.82) is 0 Å². The number of pyridine rings is 1. The summed E-state index contributed by atoms with van der Waals surface area (Å²) in [4.78, 5) is 20.5. The van der Waals surface area contributed by atoms with Gasteiger partial charge in [0.25, 0.3) is 5.56 Å². The highest BCUT2D eigenvalue weighted by Crippen LogP contribution is 2.15. The summed E-state index contributed by atoms with van der Waals surface area (Å²) in [5.74, 6) is 0. The van der Waals surface area contributed by atoms with Crippen molar-refractivity contribution in [2.45, 2.75) is 19.3 Å². The molecule has 0 saturated heterocycles. The van der Waals surface area contributed by atoms with Crippen LogP contribution in [0.25, 0.3) is 11.0 Å². The van der Waals surface area contributed by atoms with Gasteiger partial charge >= 0.3 is 0 Å². The number of aliphatic hydroxyl groups excluding tert-OH is 1. The predicted octanol–water partition coefficient (Wildman–Crippen LogP) is 2.02. The van der Waals surface area contributed by atoms with E-state index in [0.29, 0.717) is 22.7 Å². The Kier molecular flexibility index (Phi) is 5.20. The molecule has 0 amide bonds. The molecule has 7 heteroatoms. The molecule has 1 atom stereocenters. The first-order valence-electron chi connectivity index (χ1n) is 7.44. The van der Waals surface area contributed by atoms with Crippen LogP contribution in [0, 0.1) is 0 Å². The van der Waals surface area contributed by atoms with Gasteiger partial charge in [-0.25, -0.2) is 9.97 Å². The normalized spacial score (nSPS) is 12.4. The summed E-state index contributed by atoms with van der Waals surface area (Å²) in [5, 5.41) is 11.1. The Hall–Kier alpha value is -2.28. The molecule has 124 valence electrons. The Morgan fingerprint density at radius 3 is 2.88 bits per heavy atom. The monoisotopic (exact) mass is 345 g/mol. The molecule has 0 radical (unpaired) electrons. The van der Waals surface area contributed by atoms with E-state index < -0.39 is 6.10 Å². The molecule has 0 aliphatic heterocycles. The van der Waals surface area contributed by atoms with Crippen molar-refractivity contribution < 1.29 is 9.84 Å². The number of aliphatic hydroxyl groups is 1. The van der Waals surface area contributed by atoms with Crippen LogP contribution in [-0.2, 0) is 17.9 Å². The van der Waals surface area contributed by atoms with Gasteiger partial charge in [-0.3, -0.25) is 9.36 Å². The first-order chi connectivity index (χ1) is 11.6. The van der Waals surface area contributed by atoms with Gasteiger partial charge in [0.2, 0.25) is 0 Å². The van der Waals surface area contributed by atoms with E-state index in [-0.39, 0.29) is 18.7 Å². The fourth-order valence-corrected chi connectivity index (χ4v) is 2.52. The van der Waals surface area contributed by atoms with E-state index in [2.05, 4.69) is 9.97 Å². The minimum absolute atomic E-state index is 0.0861. The third kappa shape index (κ3) is 3.79. The number of aromatic nitrogens is 3. The molecular weight excluding hydrogens is 330 g/mol. The van der Waals surface area contributed by atoms with E-state index in [4.69, 9.17) is 16.3 Å². The van der Waals surface area contributed by atoms with E-state index in [1.165, 1.54) is 10.9 Å². The van der Waals surface area contributed by atoms with Crippen LogP contribution in [0.1, 0.15) is 5.56 Å². The molecule has 0 fully saturated rings. The number of benzene rings is 1. The number of nitrogens with zero attached hydrogens (tertiary/aromatic N) is 3. The molecule has 6 nitrogen and oxygen atoms in total. The van der Waals surface area contributed by atoms with Crippen molar-refractivity contribution in [3.63, 3.8) is 0 Å². The lowest BCUT2D eigenvalue weighted by Crippen LogP contribution is -2.29. The summed E-state index contributed by atoms with van der Waals surface area (Å²) in [5.41, 5.74) is 1.00. The number of ether oxygens (including phenoxy) is 1. The molecule has 0 saturated carbocycles. The quantitative estimate of drug-likeness (QED) is 0.739. The maximum absolute atomic E-state index is 12.3. The van der Waals surface area contributed by atoms with Gasteiger partial charge in [0.05, 0.1) is 31.2 Å². The fourth-order valence-electron chi connectivity index (χ4n) is 2.33. The van der Waals surface area contributed by atoms with Gasteiger partial charge in [-0.2, -0.15) is 0 Å². The lowest BCUT2D eigenvalue weighted by Gasteiger charge is -2.13. The smallest absolute Gasteiger partial charge is 0.262 e. The highest BCUT2D eigenvalue weighted by Gasteiger charge is 2.10. The Morgan fingerprint density at radius 1 is 1.21 bits per heavy atom. The second-order valence-corrected chi connectivity index (χ2v) is 5.74. The van der Waals surface area contributed by atoms with E-state index in [1.807, 2.05) is 18.2 Å². The Labute approximate surface area is 143 Å². The van der Waals surface area contributed by atoms with Crippen molar-refractivity contribution in [2.75, 3.05) is 6.61 Å². The number of hydrogen-bond donors (Lipinski definition) is 1. The van der Waals surface area contributed by atoms with Crippen LogP contribution >= 0.6 is 11.6 Å². The predicted molar refractivity (Wildman–Crippen MR) is 90.9 cm³/mol. The molecule has 0 spiro atoms. The van der Waals surface area contributed by atoms with E-state index >= 15 is 0 Å². The molecule has 2 aromatic heterocycles. The summed E-state index contributed by atoms with van der Waals surface area (Å²) in [6, 6.07) is 10.7. The van der Waals surface area contributed by atoms with E-state index in [0.717, 1.165) is 5.56 Å². The Morgan fingerprint density at radius 2 is 2.04 bits per heavy atom. The molecule has 1 aromatic carbocycles. The third-order valence-electron chi connectivity index (χ3n) is 3.53. The number of rotatable bonds is 6. The van der Waals surface area contributed by atoms with Crippen molar-refractivity contribution in [3.8, 4) is 0 Å². The minimum atomic E-state index is -0.832. The topological polar surface area (TPSA) is 77.2 Å². The van der Waals surface area contributed by atoms with Crippen LogP contribution in [0.4, 0.5) is 0 Å². The van der Waals surface area contributed by atoms with Gasteiger partial charge in [-0.05, 0) is 23.8 Å². The largest absolute Gasteiger partial charge is 0.389 e. The molecule has 2 heterocycles. The molecule has 0 aliphatic rings. The highest BCUT2D eigenvalue weighted by molar-refractivity contribution is 6.31. The number of hydrogen-bond acceptors (Lipinski definition) is 5. The second kappa shape index (κ2) is 7.53. The molecule has 0 aliphatic carbocycles. The lowest BCUT2D eigenvalue weighted by molar-refractivity contribution is 0.0198. The Bertz CT molecular complexity index is 897. The molecular formula is C17H16ClN3O3. The highest BCUT2D eigenvalue weighted by atomic mass is 35.5. The van der Waals surface area contributed by atoms with Gasteiger partial charge in [0, 0.05) is 11.2 Å². The molecule has 1 N–H and O–H groups in total. The molecule has 0 bridgehead atoms. The third-order valence-corrected chi connectivity index (χ3v) is 3.90. The van der Waals surface area contributed by atoms with Crippen LogP contribution in [-0.4, -0.2) is 32.4 Å². The van der Waals surface area contributed by atoms with Crippen molar-refractivity contribution >= 4 is 22.6 Å². The first-order valence-corrected chi connectivity index (χ1v) is 7.82. The lowest BCUT2D eigenvalue weighted by atomic mass is 10.2. The maximum Gasteiger partial charge on any atom is 0.262 e. The second-order valence-electron chi connectivity index (χ2n) is 5.34. The standard InChI is InChI=1S/C17H16ClN3O3/c18-15-6-2-1-4-12(15)9-24-10-13(22)8-21-11-20-16-14(17(21)23)5-3-7-19-16/h1-7,11,13,22H,8-10H2/t13-/m0/s1. The van der Waals surface area contributed by atoms with Gasteiger partial charge < -0.3 is 9.84 Å². The molecule has 3 aromatic rings. The first kappa shape index (κ1) is 16.6. The summed E-state index contributed by atoms with van der Waals surface area (Å²) < 4.78 is 6.83. The summed E-state index contributed by atoms with van der Waals surface area (Å²) in [6.45, 7) is 0.480. The van der Waals surface area contributed by atoms with Crippen molar-refractivity contribution in [3.05, 3.63) is 69.9 Å². The van der Waals surface area contributed by atoms with E-state index in [1.54, 1.807) is 24.4 Å². The SMILES string of the molecule is O=c1c2cccnc2ncn1C[C@H](O)COCc1ccccc1Cl. The zero-order chi connectivity index (χ0) is 16.9. The maximum atomic E-state index is 12.3. The van der Waals surface area contributed by atoms with E-state index in [9.17, 15) is 9.90 Å². The molecule has 3 rings (SSSR count). The average Bonchev–Trinajstić information content (AvgIpc) is 2.59. The number of fused-ring (bicyclic) bond motifs is 1. The van der Waals surface area contributed by atoms with Crippen molar-refractivity contribution in [1.82, 2.24) is 14.5 Å². The Balaban J connectivity index is 1.61. The average molecular weight is 346 g/mol. The zero-order valence-corrected chi connectivity index (χ0v) is 13.6. The summed E-state index contributed by atoms with van der Waals surface area (Å²) in [7, 11) is 0. The summed E-state index contributed by atoms with van der Waals surface area (Å²) >= 11 is 6.04. The minimum Gasteiger partial charge on any atom is -0.389 e. The zero-order valence-electron chi connectivity index (χ0n) is 12.8. The fraction of sp³-hybridized carbons (Fsp3) is 0.235. The van der Waals surface area contributed by atoms with Crippen LogP contribution in [0.3, 0.4) is 0 Å². The van der Waals surface area contributed by atoms with Crippen molar-refractivity contribution in [2.24, 2.45) is 0 Å². The van der Waals surface area contributed by atoms with Gasteiger partial charge in [0.1, 0.15) is 6.33 Å². The molecule has 0 unspecified atom stereocenters. The summed E-state index contributed by atoms with van der Waals surface area (Å²) in [6.07, 6.45) is 2.13. The van der Waals surface area contributed by atoms with Gasteiger partial charge in [-0.15, -0.1) is 0 Å². The van der Waals surface area contributed by atoms with Gasteiger partial charge in [-0.1, -0.05) is 29.8 Å². The molecule has 24 heavy (non-hydrogen) atoms. The van der Waals surface area contributed by atoms with Gasteiger partial charge in [0.15, 0.2) is 5.65 Å². The van der Waals surface area contributed by atoms with Crippen LogP contribution in [0.2, 0.25) is 5.02 Å². The van der Waals surface area contributed by atoms with Crippen LogP contribution in [0.5, 0.6) is 0 Å². The number of halogens is 1. The van der Waals surface area contributed by atoms with Crippen LogP contribution in [0.15, 0.2) is 53.7 Å². The van der Waals surface area contributed by atoms with Crippen LogP contribution < -0.4 is 5.56 Å².